The molecule has 3 heteroatoms. The summed E-state index contributed by atoms with van der Waals surface area (Å²) in [5, 5.41) is 0. The topological polar surface area (TPSA) is 24.5 Å². The number of hydrogen-bond acceptors (Lipinski definition) is 3. The number of hydrogen-bond donors (Lipinski definition) is 1. The Hall–Kier alpha value is -0.120. The van der Waals surface area contributed by atoms with Gasteiger partial charge in [-0.2, -0.15) is 5.48 Å². The molecule has 0 aliphatic carbocycles. The zero-order valence-corrected chi connectivity index (χ0v) is 6.62. The summed E-state index contributed by atoms with van der Waals surface area (Å²) in [6.07, 6.45) is 2.76. The first-order valence-electron chi connectivity index (χ1n) is 4.56. The highest BCUT2D eigenvalue weighted by Crippen LogP contribution is 2.34. The van der Waals surface area contributed by atoms with Crippen molar-refractivity contribution in [2.45, 2.75) is 24.9 Å². The lowest BCUT2D eigenvalue weighted by atomic mass is 9.99. The van der Waals surface area contributed by atoms with E-state index in [2.05, 4.69) is 10.4 Å². The fourth-order valence-electron chi connectivity index (χ4n) is 2.80. The van der Waals surface area contributed by atoms with Gasteiger partial charge in [-0.3, -0.25) is 4.90 Å². The van der Waals surface area contributed by atoms with Gasteiger partial charge in [-0.25, -0.2) is 0 Å². The third-order valence-electron chi connectivity index (χ3n) is 3.32. The molecule has 0 radical (unpaired) electrons. The van der Waals surface area contributed by atoms with Crippen molar-refractivity contribution in [3.63, 3.8) is 0 Å². The first kappa shape index (κ1) is 6.40. The second kappa shape index (κ2) is 2.19. The second-order valence-corrected chi connectivity index (χ2v) is 3.92. The van der Waals surface area contributed by atoms with Crippen molar-refractivity contribution in [1.82, 2.24) is 10.4 Å². The van der Waals surface area contributed by atoms with Crippen molar-refractivity contribution in [2.75, 3.05) is 19.7 Å². The Bertz CT molecular complexity index is 155. The predicted molar refractivity (Wildman–Crippen MR) is 41.0 cm³/mol. The van der Waals surface area contributed by atoms with Crippen LogP contribution in [0.25, 0.3) is 0 Å². The van der Waals surface area contributed by atoms with E-state index in [1.165, 1.54) is 25.9 Å². The molecule has 0 bridgehead atoms. The molecule has 3 rings (SSSR count). The molecule has 3 aliphatic rings. The first-order chi connectivity index (χ1) is 5.45. The Morgan fingerprint density at radius 3 is 3.45 bits per heavy atom. The minimum Gasteiger partial charge on any atom is -0.301 e. The van der Waals surface area contributed by atoms with Gasteiger partial charge in [-0.15, -0.1) is 0 Å². The van der Waals surface area contributed by atoms with Crippen LogP contribution in [0.15, 0.2) is 0 Å². The molecule has 3 saturated heterocycles. The van der Waals surface area contributed by atoms with Gasteiger partial charge in [0.25, 0.3) is 0 Å². The highest BCUT2D eigenvalue weighted by atomic mass is 16.7. The van der Waals surface area contributed by atoms with E-state index in [4.69, 9.17) is 4.84 Å². The summed E-state index contributed by atoms with van der Waals surface area (Å²) in [5.41, 5.74) is 3.15. The molecular formula is C8H14N2O. The van der Waals surface area contributed by atoms with Crippen LogP contribution in [0.5, 0.6) is 0 Å². The van der Waals surface area contributed by atoms with E-state index in [-0.39, 0.29) is 0 Å². The van der Waals surface area contributed by atoms with Crippen LogP contribution in [0, 0.1) is 5.92 Å². The van der Waals surface area contributed by atoms with Gasteiger partial charge in [0, 0.05) is 18.5 Å². The Balaban J connectivity index is 1.84. The monoisotopic (exact) mass is 154 g/mol. The molecule has 0 amide bonds. The van der Waals surface area contributed by atoms with Gasteiger partial charge in [-0.05, 0) is 19.4 Å². The van der Waals surface area contributed by atoms with E-state index in [0.717, 1.165) is 18.6 Å². The van der Waals surface area contributed by atoms with Crippen LogP contribution in [-0.2, 0) is 4.84 Å². The van der Waals surface area contributed by atoms with Crippen LogP contribution in [0.3, 0.4) is 0 Å². The lowest BCUT2D eigenvalue weighted by molar-refractivity contribution is 0.0643. The van der Waals surface area contributed by atoms with Gasteiger partial charge in [0.1, 0.15) is 0 Å². The molecular weight excluding hydrogens is 140 g/mol. The van der Waals surface area contributed by atoms with Crippen LogP contribution in [0.1, 0.15) is 12.8 Å². The van der Waals surface area contributed by atoms with Crippen LogP contribution < -0.4 is 5.48 Å². The van der Waals surface area contributed by atoms with Gasteiger partial charge in [-0.1, -0.05) is 0 Å². The highest BCUT2D eigenvalue weighted by molar-refractivity contribution is 5.01. The zero-order valence-electron chi connectivity index (χ0n) is 6.62. The number of hydroxylamine groups is 1. The van der Waals surface area contributed by atoms with Gasteiger partial charge in [0.2, 0.25) is 0 Å². The molecule has 0 aromatic rings. The van der Waals surface area contributed by atoms with Gasteiger partial charge < -0.3 is 4.84 Å². The van der Waals surface area contributed by atoms with Crippen molar-refractivity contribution >= 4 is 0 Å². The largest absolute Gasteiger partial charge is 0.301 e. The average Bonchev–Trinajstić information content (AvgIpc) is 2.52. The molecule has 0 spiro atoms. The summed E-state index contributed by atoms with van der Waals surface area (Å²) in [6.45, 7) is 3.51. The average molecular weight is 154 g/mol. The summed E-state index contributed by atoms with van der Waals surface area (Å²) in [6, 6.07) is 1.44. The molecule has 11 heavy (non-hydrogen) atoms. The third kappa shape index (κ3) is 0.789. The quantitative estimate of drug-likeness (QED) is 0.531. The number of nitrogens with one attached hydrogen (secondary N) is 1. The van der Waals surface area contributed by atoms with Crippen molar-refractivity contribution in [1.29, 1.82) is 0 Å². The van der Waals surface area contributed by atoms with Crippen molar-refractivity contribution < 1.29 is 4.84 Å². The zero-order chi connectivity index (χ0) is 7.26. The van der Waals surface area contributed by atoms with Crippen molar-refractivity contribution in [2.24, 2.45) is 5.92 Å². The van der Waals surface area contributed by atoms with Crippen LogP contribution in [-0.4, -0.2) is 36.7 Å². The summed E-state index contributed by atoms with van der Waals surface area (Å²) < 4.78 is 0. The minimum atomic E-state index is 0.650. The molecule has 3 atom stereocenters. The smallest absolute Gasteiger partial charge is 0.0739 e. The van der Waals surface area contributed by atoms with E-state index < -0.39 is 0 Å². The highest BCUT2D eigenvalue weighted by Gasteiger charge is 2.46. The molecule has 0 aromatic carbocycles. The molecule has 3 fully saturated rings. The van der Waals surface area contributed by atoms with E-state index >= 15 is 0 Å². The minimum absolute atomic E-state index is 0.650. The summed E-state index contributed by atoms with van der Waals surface area (Å²) in [4.78, 5) is 7.86. The van der Waals surface area contributed by atoms with Crippen LogP contribution >= 0.6 is 0 Å². The number of rotatable bonds is 0. The molecule has 1 N–H and O–H groups in total. The maximum absolute atomic E-state index is 5.24. The fourth-order valence-corrected chi connectivity index (χ4v) is 2.80. The van der Waals surface area contributed by atoms with Gasteiger partial charge >= 0.3 is 0 Å². The summed E-state index contributed by atoms with van der Waals surface area (Å²) in [7, 11) is 0. The Kier molecular flexibility index (Phi) is 1.27. The van der Waals surface area contributed by atoms with E-state index in [0.29, 0.717) is 6.04 Å². The SMILES string of the molecule is C1C[C@H]2[C@@H]3NOC[C@@H]3CN2C1. The summed E-state index contributed by atoms with van der Waals surface area (Å²) >= 11 is 0. The fraction of sp³-hybridized carbons (Fsp3) is 1.00. The van der Waals surface area contributed by atoms with Crippen molar-refractivity contribution in [3.8, 4) is 0 Å². The third-order valence-corrected chi connectivity index (χ3v) is 3.32. The van der Waals surface area contributed by atoms with E-state index in [9.17, 15) is 0 Å². The molecule has 0 saturated carbocycles. The summed E-state index contributed by atoms with van der Waals surface area (Å²) in [5.74, 6) is 0.778. The Morgan fingerprint density at radius 1 is 1.45 bits per heavy atom. The number of nitrogens with zero attached hydrogens (tertiary/aromatic N) is 1. The molecule has 3 heterocycles. The molecule has 0 aromatic heterocycles. The molecule has 62 valence electrons. The Morgan fingerprint density at radius 2 is 2.45 bits per heavy atom. The van der Waals surface area contributed by atoms with Gasteiger partial charge in [0.15, 0.2) is 0 Å². The van der Waals surface area contributed by atoms with Crippen molar-refractivity contribution in [3.05, 3.63) is 0 Å². The standard InChI is InChI=1S/C8H14N2O/c1-2-7-8-6(5-11-9-8)4-10(7)3-1/h6-9H,1-5H2/t6-,7-,8+/m0/s1. The van der Waals surface area contributed by atoms with Crippen LogP contribution in [0.4, 0.5) is 0 Å². The molecule has 3 aliphatic heterocycles. The van der Waals surface area contributed by atoms with E-state index in [1.54, 1.807) is 0 Å². The normalized spacial score (nSPS) is 49.6. The molecule has 0 unspecified atom stereocenters. The lowest BCUT2D eigenvalue weighted by Crippen LogP contribution is -2.36. The van der Waals surface area contributed by atoms with Gasteiger partial charge in [0.05, 0.1) is 12.6 Å². The van der Waals surface area contributed by atoms with Crippen LogP contribution in [0.2, 0.25) is 0 Å². The maximum Gasteiger partial charge on any atom is 0.0739 e. The Labute approximate surface area is 66.7 Å². The number of fused-ring (bicyclic) bond motifs is 3. The lowest BCUT2D eigenvalue weighted by Gasteiger charge is -2.18. The predicted octanol–water partition coefficient (Wildman–Crippen LogP) is -0.0160. The molecule has 3 nitrogen and oxygen atoms in total. The first-order valence-corrected chi connectivity index (χ1v) is 4.56. The maximum atomic E-state index is 5.24. The second-order valence-electron chi connectivity index (χ2n) is 3.92. The van der Waals surface area contributed by atoms with E-state index in [1.807, 2.05) is 0 Å².